The van der Waals surface area contributed by atoms with E-state index in [1.54, 1.807) is 11.8 Å². The van der Waals surface area contributed by atoms with Crippen molar-refractivity contribution in [1.82, 2.24) is 10.2 Å². The number of likely N-dealkylation sites (tertiary alicyclic amines) is 1. The van der Waals surface area contributed by atoms with E-state index in [-0.39, 0.29) is 31.8 Å². The number of rotatable bonds is 3. The number of amides is 2. The fourth-order valence-corrected chi connectivity index (χ4v) is 2.72. The highest BCUT2D eigenvalue weighted by atomic mass is 16.5. The molecule has 0 spiro atoms. The SMILES string of the molecule is CC1(C(=O)O)COCC1NC(=O)N1CCCC(CO)C1. The Bertz CT molecular complexity index is 389. The summed E-state index contributed by atoms with van der Waals surface area (Å²) < 4.78 is 5.21. The molecule has 0 aliphatic carbocycles. The predicted molar refractivity (Wildman–Crippen MR) is 70.3 cm³/mol. The van der Waals surface area contributed by atoms with E-state index in [2.05, 4.69) is 5.32 Å². The van der Waals surface area contributed by atoms with Gasteiger partial charge in [-0.3, -0.25) is 4.79 Å². The summed E-state index contributed by atoms with van der Waals surface area (Å²) in [6.07, 6.45) is 1.77. The molecule has 2 fully saturated rings. The topological polar surface area (TPSA) is 99.1 Å². The molecular weight excluding hydrogens is 264 g/mol. The Morgan fingerprint density at radius 2 is 2.25 bits per heavy atom. The molecule has 3 N–H and O–H groups in total. The van der Waals surface area contributed by atoms with Gasteiger partial charge in [0, 0.05) is 19.7 Å². The smallest absolute Gasteiger partial charge is 0.317 e. The molecule has 2 rings (SSSR count). The predicted octanol–water partition coefficient (Wildman–Crippen LogP) is -0.110. The molecule has 0 aromatic carbocycles. The van der Waals surface area contributed by atoms with Crippen molar-refractivity contribution in [3.63, 3.8) is 0 Å². The van der Waals surface area contributed by atoms with E-state index >= 15 is 0 Å². The number of ether oxygens (including phenoxy) is 1. The third-order valence-corrected chi connectivity index (χ3v) is 4.31. The Balaban J connectivity index is 1.95. The number of carboxylic acid groups (broad SMARTS) is 1. The van der Waals surface area contributed by atoms with Gasteiger partial charge < -0.3 is 25.2 Å². The Kier molecular flexibility index (Phi) is 4.49. The van der Waals surface area contributed by atoms with Crippen molar-refractivity contribution >= 4 is 12.0 Å². The molecule has 0 bridgehead atoms. The zero-order valence-corrected chi connectivity index (χ0v) is 11.7. The van der Waals surface area contributed by atoms with Gasteiger partial charge in [0.1, 0.15) is 5.41 Å². The number of carbonyl (C=O) groups is 2. The van der Waals surface area contributed by atoms with Gasteiger partial charge in [-0.2, -0.15) is 0 Å². The molecule has 7 heteroatoms. The van der Waals surface area contributed by atoms with Crippen LogP contribution in [0.25, 0.3) is 0 Å². The molecule has 7 nitrogen and oxygen atoms in total. The van der Waals surface area contributed by atoms with Crippen molar-refractivity contribution in [2.24, 2.45) is 11.3 Å². The van der Waals surface area contributed by atoms with Crippen LogP contribution >= 0.6 is 0 Å². The number of hydrogen-bond acceptors (Lipinski definition) is 4. The molecule has 2 amide bonds. The number of hydrogen-bond donors (Lipinski definition) is 3. The maximum absolute atomic E-state index is 12.2. The average Bonchev–Trinajstić information content (AvgIpc) is 2.81. The van der Waals surface area contributed by atoms with E-state index < -0.39 is 17.4 Å². The van der Waals surface area contributed by atoms with Crippen molar-refractivity contribution < 1.29 is 24.5 Å². The van der Waals surface area contributed by atoms with Crippen molar-refractivity contribution in [2.45, 2.75) is 25.8 Å². The lowest BCUT2D eigenvalue weighted by atomic mass is 9.85. The summed E-state index contributed by atoms with van der Waals surface area (Å²) in [6.45, 7) is 3.13. The number of aliphatic hydroxyl groups is 1. The van der Waals surface area contributed by atoms with E-state index in [0.29, 0.717) is 13.1 Å². The molecule has 20 heavy (non-hydrogen) atoms. The minimum atomic E-state index is -1.08. The molecule has 0 aromatic rings. The van der Waals surface area contributed by atoms with Crippen LogP contribution in [0.15, 0.2) is 0 Å². The lowest BCUT2D eigenvalue weighted by Gasteiger charge is -2.34. The summed E-state index contributed by atoms with van der Waals surface area (Å²) in [4.78, 5) is 25.2. The van der Waals surface area contributed by atoms with Gasteiger partial charge in [-0.15, -0.1) is 0 Å². The van der Waals surface area contributed by atoms with Gasteiger partial charge in [0.15, 0.2) is 0 Å². The van der Waals surface area contributed by atoms with Crippen LogP contribution in [0.3, 0.4) is 0 Å². The van der Waals surface area contributed by atoms with E-state index in [1.807, 2.05) is 0 Å². The van der Waals surface area contributed by atoms with Gasteiger partial charge in [-0.05, 0) is 25.7 Å². The van der Waals surface area contributed by atoms with Crippen LogP contribution in [-0.4, -0.2) is 66.1 Å². The van der Waals surface area contributed by atoms with Crippen LogP contribution in [0, 0.1) is 11.3 Å². The van der Waals surface area contributed by atoms with Crippen molar-refractivity contribution in [2.75, 3.05) is 32.9 Å². The molecule has 2 aliphatic heterocycles. The van der Waals surface area contributed by atoms with Crippen molar-refractivity contribution in [1.29, 1.82) is 0 Å². The van der Waals surface area contributed by atoms with E-state index in [0.717, 1.165) is 12.8 Å². The summed E-state index contributed by atoms with van der Waals surface area (Å²) in [6, 6.07) is -0.798. The van der Waals surface area contributed by atoms with Crippen LogP contribution in [-0.2, 0) is 9.53 Å². The highest BCUT2D eigenvalue weighted by molar-refractivity contribution is 5.79. The zero-order valence-electron chi connectivity index (χ0n) is 11.7. The molecular formula is C13H22N2O5. The first-order chi connectivity index (χ1) is 9.47. The molecule has 2 aliphatic rings. The fraction of sp³-hybridized carbons (Fsp3) is 0.846. The highest BCUT2D eigenvalue weighted by Crippen LogP contribution is 2.29. The number of aliphatic hydroxyl groups excluding tert-OH is 1. The van der Waals surface area contributed by atoms with E-state index in [4.69, 9.17) is 4.74 Å². The van der Waals surface area contributed by atoms with E-state index in [9.17, 15) is 19.8 Å². The number of aliphatic carboxylic acids is 1. The Labute approximate surface area is 117 Å². The first-order valence-electron chi connectivity index (χ1n) is 6.95. The van der Waals surface area contributed by atoms with Gasteiger partial charge in [0.25, 0.3) is 0 Å². The van der Waals surface area contributed by atoms with Crippen molar-refractivity contribution in [3.05, 3.63) is 0 Å². The standard InChI is InChI=1S/C13H22N2O5/c1-13(11(17)18)8-20-7-10(13)14-12(19)15-4-2-3-9(5-15)6-16/h9-10,16H,2-8H2,1H3,(H,14,19)(H,17,18). The Hall–Kier alpha value is -1.34. The largest absolute Gasteiger partial charge is 0.481 e. The van der Waals surface area contributed by atoms with Gasteiger partial charge in [0.2, 0.25) is 0 Å². The highest BCUT2D eigenvalue weighted by Gasteiger charge is 2.47. The summed E-state index contributed by atoms with van der Waals surface area (Å²) in [5, 5.41) is 21.2. The maximum atomic E-state index is 12.2. The number of carboxylic acids is 1. The Morgan fingerprint density at radius 1 is 1.50 bits per heavy atom. The van der Waals surface area contributed by atoms with Gasteiger partial charge in [-0.25, -0.2) is 4.79 Å². The summed E-state index contributed by atoms with van der Waals surface area (Å²) >= 11 is 0. The Morgan fingerprint density at radius 3 is 2.90 bits per heavy atom. The van der Waals surface area contributed by atoms with Gasteiger partial charge >= 0.3 is 12.0 Å². The van der Waals surface area contributed by atoms with Crippen LogP contribution in [0.4, 0.5) is 4.79 Å². The van der Waals surface area contributed by atoms with Crippen LogP contribution in [0.1, 0.15) is 19.8 Å². The number of urea groups is 1. The number of nitrogens with zero attached hydrogens (tertiary/aromatic N) is 1. The molecule has 3 unspecified atom stereocenters. The molecule has 0 aromatic heterocycles. The number of carbonyl (C=O) groups excluding carboxylic acids is 1. The lowest BCUT2D eigenvalue weighted by molar-refractivity contribution is -0.148. The monoisotopic (exact) mass is 286 g/mol. The van der Waals surface area contributed by atoms with Crippen LogP contribution in [0.5, 0.6) is 0 Å². The van der Waals surface area contributed by atoms with Crippen LogP contribution < -0.4 is 5.32 Å². The van der Waals surface area contributed by atoms with Gasteiger partial charge in [-0.1, -0.05) is 0 Å². The normalized spacial score (nSPS) is 34.0. The quantitative estimate of drug-likeness (QED) is 0.672. The molecule has 0 saturated carbocycles. The van der Waals surface area contributed by atoms with Gasteiger partial charge in [0.05, 0.1) is 19.3 Å². The summed E-state index contributed by atoms with van der Waals surface area (Å²) in [7, 11) is 0. The minimum Gasteiger partial charge on any atom is -0.481 e. The average molecular weight is 286 g/mol. The molecule has 3 atom stereocenters. The lowest BCUT2D eigenvalue weighted by Crippen LogP contribution is -2.55. The summed E-state index contributed by atoms with van der Waals surface area (Å²) in [5.41, 5.74) is -1.08. The second kappa shape index (κ2) is 5.97. The number of piperidine rings is 1. The van der Waals surface area contributed by atoms with E-state index in [1.165, 1.54) is 0 Å². The summed E-state index contributed by atoms with van der Waals surface area (Å²) in [5.74, 6) is -0.854. The second-order valence-corrected chi connectivity index (χ2v) is 5.88. The molecule has 114 valence electrons. The van der Waals surface area contributed by atoms with Crippen LogP contribution in [0.2, 0.25) is 0 Å². The third-order valence-electron chi connectivity index (χ3n) is 4.31. The maximum Gasteiger partial charge on any atom is 0.317 e. The molecule has 2 saturated heterocycles. The number of nitrogens with one attached hydrogen (secondary N) is 1. The first-order valence-corrected chi connectivity index (χ1v) is 6.95. The zero-order chi connectivity index (χ0) is 14.8. The van der Waals surface area contributed by atoms with Crippen molar-refractivity contribution in [3.8, 4) is 0 Å². The third kappa shape index (κ3) is 2.88. The molecule has 2 heterocycles. The first kappa shape index (κ1) is 15.1. The fourth-order valence-electron chi connectivity index (χ4n) is 2.72. The second-order valence-electron chi connectivity index (χ2n) is 5.88. The minimum absolute atomic E-state index is 0.0726. The molecule has 0 radical (unpaired) electrons.